The summed E-state index contributed by atoms with van der Waals surface area (Å²) in [5, 5.41) is 3.24. The fourth-order valence-electron chi connectivity index (χ4n) is 5.54. The Balaban J connectivity index is 1.22. The van der Waals surface area contributed by atoms with Crippen LogP contribution < -0.4 is 10.2 Å². The number of rotatable bonds is 4. The second kappa shape index (κ2) is 9.56. The first-order valence-electron chi connectivity index (χ1n) is 12.3. The number of hydrogen-bond donors (Lipinski definition) is 1. The van der Waals surface area contributed by atoms with Gasteiger partial charge in [-0.05, 0) is 55.9 Å². The van der Waals surface area contributed by atoms with Gasteiger partial charge in [0, 0.05) is 44.8 Å². The van der Waals surface area contributed by atoms with E-state index in [4.69, 9.17) is 0 Å². The fourth-order valence-corrected chi connectivity index (χ4v) is 5.54. The van der Waals surface area contributed by atoms with Crippen molar-refractivity contribution in [1.29, 1.82) is 0 Å². The highest BCUT2D eigenvalue weighted by Crippen LogP contribution is 2.34. The van der Waals surface area contributed by atoms with Crippen LogP contribution in [0.15, 0.2) is 48.5 Å². The van der Waals surface area contributed by atoms with Crippen molar-refractivity contribution in [1.82, 2.24) is 15.1 Å². The van der Waals surface area contributed by atoms with Crippen LogP contribution in [0.3, 0.4) is 0 Å². The first kappa shape index (κ1) is 22.0. The SMILES string of the molecule is CN1c2cc(C(=O)NC3CCN(Cc4ccccc4)CC3)ccc2C(=O)N2CCCCC[C@@H]21. The zero-order valence-corrected chi connectivity index (χ0v) is 19.5. The van der Waals surface area contributed by atoms with Crippen LogP contribution in [0.4, 0.5) is 5.69 Å². The molecular weight excluding hydrogens is 412 g/mol. The number of carbonyl (C=O) groups is 2. The Morgan fingerprint density at radius 1 is 0.970 bits per heavy atom. The van der Waals surface area contributed by atoms with Crippen molar-refractivity contribution in [3.05, 3.63) is 65.2 Å². The molecule has 33 heavy (non-hydrogen) atoms. The van der Waals surface area contributed by atoms with E-state index in [1.54, 1.807) is 0 Å². The van der Waals surface area contributed by atoms with Crippen LogP contribution in [-0.2, 0) is 6.54 Å². The van der Waals surface area contributed by atoms with Gasteiger partial charge in [-0.1, -0.05) is 36.8 Å². The summed E-state index contributed by atoms with van der Waals surface area (Å²) in [4.78, 5) is 32.8. The molecule has 0 aromatic heterocycles. The molecule has 1 N–H and O–H groups in total. The summed E-state index contributed by atoms with van der Waals surface area (Å²) in [7, 11) is 2.05. The summed E-state index contributed by atoms with van der Waals surface area (Å²) in [6, 6.07) is 16.3. The Morgan fingerprint density at radius 2 is 1.76 bits per heavy atom. The van der Waals surface area contributed by atoms with Crippen LogP contribution in [0.25, 0.3) is 0 Å². The first-order valence-corrected chi connectivity index (χ1v) is 12.3. The molecule has 0 spiro atoms. The van der Waals surface area contributed by atoms with Crippen molar-refractivity contribution in [2.45, 2.75) is 57.3 Å². The van der Waals surface area contributed by atoms with Crippen LogP contribution in [-0.4, -0.2) is 60.5 Å². The summed E-state index contributed by atoms with van der Waals surface area (Å²) >= 11 is 0. The number of piperidine rings is 1. The molecule has 1 atom stereocenters. The maximum atomic E-state index is 13.1. The smallest absolute Gasteiger partial charge is 0.257 e. The zero-order valence-electron chi connectivity index (χ0n) is 19.5. The Labute approximate surface area is 196 Å². The highest BCUT2D eigenvalue weighted by atomic mass is 16.2. The lowest BCUT2D eigenvalue weighted by atomic mass is 10.0. The molecule has 3 aliphatic heterocycles. The summed E-state index contributed by atoms with van der Waals surface area (Å²) in [6.07, 6.45) is 6.37. The molecular formula is C27H34N4O2. The van der Waals surface area contributed by atoms with Gasteiger partial charge in [-0.2, -0.15) is 0 Å². The minimum atomic E-state index is -0.0385. The quantitative estimate of drug-likeness (QED) is 0.775. The summed E-state index contributed by atoms with van der Waals surface area (Å²) < 4.78 is 0. The molecule has 2 amide bonds. The van der Waals surface area contributed by atoms with E-state index in [0.29, 0.717) is 11.1 Å². The highest BCUT2D eigenvalue weighted by molar-refractivity contribution is 6.04. The molecule has 6 heteroatoms. The van der Waals surface area contributed by atoms with Crippen LogP contribution in [0, 0.1) is 0 Å². The van der Waals surface area contributed by atoms with Crippen LogP contribution in [0.1, 0.15) is 64.8 Å². The minimum absolute atomic E-state index is 0.0385. The summed E-state index contributed by atoms with van der Waals surface area (Å²) in [6.45, 7) is 3.75. The van der Waals surface area contributed by atoms with Crippen molar-refractivity contribution in [2.24, 2.45) is 0 Å². The Kier molecular flexibility index (Phi) is 6.36. The molecule has 0 radical (unpaired) electrons. The molecule has 174 valence electrons. The molecule has 6 nitrogen and oxygen atoms in total. The molecule has 0 bridgehead atoms. The molecule has 0 aliphatic carbocycles. The van der Waals surface area contributed by atoms with Crippen molar-refractivity contribution in [2.75, 3.05) is 31.6 Å². The first-order chi connectivity index (χ1) is 16.1. The largest absolute Gasteiger partial charge is 0.354 e. The van der Waals surface area contributed by atoms with Gasteiger partial charge in [0.05, 0.1) is 11.3 Å². The molecule has 2 aromatic rings. The van der Waals surface area contributed by atoms with Crippen LogP contribution in [0.2, 0.25) is 0 Å². The maximum absolute atomic E-state index is 13.1. The Morgan fingerprint density at radius 3 is 2.55 bits per heavy atom. The molecule has 2 saturated heterocycles. The Bertz CT molecular complexity index is 1000. The molecule has 0 saturated carbocycles. The molecule has 2 fully saturated rings. The average molecular weight is 447 g/mol. The number of carbonyl (C=O) groups excluding carboxylic acids is 2. The van der Waals surface area contributed by atoms with Gasteiger partial charge < -0.3 is 15.1 Å². The highest BCUT2D eigenvalue weighted by Gasteiger charge is 2.36. The van der Waals surface area contributed by atoms with E-state index in [1.807, 2.05) is 29.2 Å². The van der Waals surface area contributed by atoms with Crippen molar-refractivity contribution in [3.63, 3.8) is 0 Å². The molecule has 5 rings (SSSR count). The Hall–Kier alpha value is -2.86. The van der Waals surface area contributed by atoms with E-state index < -0.39 is 0 Å². The molecule has 0 unspecified atom stereocenters. The van der Waals surface area contributed by atoms with Gasteiger partial charge in [-0.3, -0.25) is 14.5 Å². The monoisotopic (exact) mass is 446 g/mol. The molecule has 3 aliphatic rings. The normalized spacial score (nSPS) is 21.8. The number of nitrogens with one attached hydrogen (secondary N) is 1. The van der Waals surface area contributed by atoms with E-state index in [0.717, 1.165) is 64.0 Å². The lowest BCUT2D eigenvalue weighted by Crippen LogP contribution is -2.53. The number of nitrogens with zero attached hydrogens (tertiary/aromatic N) is 3. The van der Waals surface area contributed by atoms with Crippen molar-refractivity contribution in [3.8, 4) is 0 Å². The number of likely N-dealkylation sites (tertiary alicyclic amines) is 1. The lowest BCUT2D eigenvalue weighted by Gasteiger charge is -2.43. The number of fused-ring (bicyclic) bond motifs is 2. The number of hydrogen-bond acceptors (Lipinski definition) is 4. The third-order valence-electron chi connectivity index (χ3n) is 7.47. The predicted octanol–water partition coefficient (Wildman–Crippen LogP) is 3.87. The minimum Gasteiger partial charge on any atom is -0.354 e. The lowest BCUT2D eigenvalue weighted by molar-refractivity contribution is 0.0661. The zero-order chi connectivity index (χ0) is 22.8. The predicted molar refractivity (Wildman–Crippen MR) is 130 cm³/mol. The van der Waals surface area contributed by atoms with Gasteiger partial charge in [0.15, 0.2) is 0 Å². The third-order valence-corrected chi connectivity index (χ3v) is 7.47. The van der Waals surface area contributed by atoms with E-state index in [1.165, 1.54) is 12.0 Å². The van der Waals surface area contributed by atoms with E-state index in [2.05, 4.69) is 46.4 Å². The number of anilines is 1. The van der Waals surface area contributed by atoms with Gasteiger partial charge in [-0.25, -0.2) is 0 Å². The summed E-state index contributed by atoms with van der Waals surface area (Å²) in [5.41, 5.74) is 3.57. The van der Waals surface area contributed by atoms with Gasteiger partial charge in [0.1, 0.15) is 6.17 Å². The van der Waals surface area contributed by atoms with Gasteiger partial charge in [0.25, 0.3) is 11.8 Å². The second-order valence-corrected chi connectivity index (χ2v) is 9.68. The maximum Gasteiger partial charge on any atom is 0.257 e. The van der Waals surface area contributed by atoms with Crippen molar-refractivity contribution >= 4 is 17.5 Å². The van der Waals surface area contributed by atoms with Crippen molar-refractivity contribution < 1.29 is 9.59 Å². The number of benzene rings is 2. The van der Waals surface area contributed by atoms with Gasteiger partial charge in [-0.15, -0.1) is 0 Å². The van der Waals surface area contributed by atoms with Gasteiger partial charge in [0.2, 0.25) is 0 Å². The van der Waals surface area contributed by atoms with E-state index in [9.17, 15) is 9.59 Å². The van der Waals surface area contributed by atoms with Gasteiger partial charge >= 0.3 is 0 Å². The van der Waals surface area contributed by atoms with E-state index >= 15 is 0 Å². The molecule has 3 heterocycles. The standard InChI is InChI=1S/C27H34N4O2/c1-29-24-18-21(11-12-23(24)27(33)31-15-7-3-6-10-25(29)31)26(32)28-22-13-16-30(17-14-22)19-20-8-4-2-5-9-20/h2,4-5,8-9,11-12,18,22,25H,3,6-7,10,13-17,19H2,1H3,(H,28,32)/t25-/m1/s1. The summed E-state index contributed by atoms with van der Waals surface area (Å²) in [5.74, 6) is 0.0659. The van der Waals surface area contributed by atoms with Crippen LogP contribution in [0.5, 0.6) is 0 Å². The van der Waals surface area contributed by atoms with E-state index in [-0.39, 0.29) is 24.0 Å². The van der Waals surface area contributed by atoms with Crippen LogP contribution >= 0.6 is 0 Å². The number of amides is 2. The molecule has 2 aromatic carbocycles. The fraction of sp³-hybridized carbons (Fsp3) is 0.481. The third kappa shape index (κ3) is 4.62. The topological polar surface area (TPSA) is 55.9 Å². The average Bonchev–Trinajstić information content (AvgIpc) is 3.11. The second-order valence-electron chi connectivity index (χ2n) is 9.68.